The fourth-order valence-electron chi connectivity index (χ4n) is 4.11. The number of thiophene rings is 1. The van der Waals surface area contributed by atoms with Crippen molar-refractivity contribution in [3.8, 4) is 5.75 Å². The first-order chi connectivity index (χ1) is 18.7. The Balaban J connectivity index is 1.34. The number of hydrogen-bond acceptors (Lipinski definition) is 8. The Morgan fingerprint density at radius 2 is 1.74 bits per heavy atom. The van der Waals surface area contributed by atoms with Gasteiger partial charge in [-0.1, -0.05) is 24.6 Å². The first-order valence-electron chi connectivity index (χ1n) is 12.6. The summed E-state index contributed by atoms with van der Waals surface area (Å²) in [4.78, 5) is 50.8. The monoisotopic (exact) mass is 547 g/mol. The average Bonchev–Trinajstić information content (AvgIpc) is 3.26. The predicted molar refractivity (Wildman–Crippen MR) is 148 cm³/mol. The minimum atomic E-state index is -0.982. The van der Waals surface area contributed by atoms with Gasteiger partial charge in [-0.15, -0.1) is 11.3 Å². The van der Waals surface area contributed by atoms with Crippen molar-refractivity contribution < 1.29 is 28.7 Å². The number of aryl methyl sites for hydroxylation is 1. The maximum Gasteiger partial charge on any atom is 0.343 e. The minimum Gasteiger partial charge on any atom is -0.462 e. The highest BCUT2D eigenvalue weighted by atomic mass is 32.1. The minimum absolute atomic E-state index is 0.207. The summed E-state index contributed by atoms with van der Waals surface area (Å²) in [6.45, 7) is 6.00. The largest absolute Gasteiger partial charge is 0.462 e. The summed E-state index contributed by atoms with van der Waals surface area (Å²) in [5.74, 6) is -2.08. The van der Waals surface area contributed by atoms with Gasteiger partial charge < -0.3 is 14.8 Å². The zero-order valence-electron chi connectivity index (χ0n) is 21.9. The van der Waals surface area contributed by atoms with Crippen LogP contribution in [0.2, 0.25) is 0 Å². The number of nitrogens with one attached hydrogen (secondary N) is 2. The van der Waals surface area contributed by atoms with Gasteiger partial charge in [0.25, 0.3) is 0 Å². The van der Waals surface area contributed by atoms with E-state index in [9.17, 15) is 19.2 Å². The van der Waals surface area contributed by atoms with Crippen LogP contribution in [0.25, 0.3) is 0 Å². The van der Waals surface area contributed by atoms with Crippen molar-refractivity contribution in [2.45, 2.75) is 40.0 Å². The lowest BCUT2D eigenvalue weighted by molar-refractivity contribution is -0.136. The van der Waals surface area contributed by atoms with Crippen LogP contribution in [0.4, 0.5) is 5.00 Å². The van der Waals surface area contributed by atoms with Crippen LogP contribution in [-0.4, -0.2) is 36.6 Å². The summed E-state index contributed by atoms with van der Waals surface area (Å²) in [6.07, 6.45) is 3.82. The number of carbonyl (C=O) groups excluding carboxylic acids is 4. The molecule has 0 bridgehead atoms. The van der Waals surface area contributed by atoms with Crippen molar-refractivity contribution in [2.75, 3.05) is 11.9 Å². The summed E-state index contributed by atoms with van der Waals surface area (Å²) >= 11 is 1.30. The maximum atomic E-state index is 12.6. The molecular formula is C29H29N3O6S. The highest BCUT2D eigenvalue weighted by Gasteiger charge is 2.30. The summed E-state index contributed by atoms with van der Waals surface area (Å²) in [5, 5.41) is 6.70. The number of rotatable bonds is 7. The Labute approximate surface area is 230 Å². The highest BCUT2D eigenvalue weighted by Crippen LogP contribution is 2.40. The number of benzene rings is 2. The van der Waals surface area contributed by atoms with E-state index in [1.165, 1.54) is 17.6 Å². The second-order valence-electron chi connectivity index (χ2n) is 9.25. The number of esters is 2. The third-order valence-electron chi connectivity index (χ3n) is 6.18. The van der Waals surface area contributed by atoms with Gasteiger partial charge in [-0.2, -0.15) is 5.10 Å². The van der Waals surface area contributed by atoms with Crippen molar-refractivity contribution in [1.82, 2.24) is 5.43 Å². The zero-order chi connectivity index (χ0) is 27.9. The molecule has 0 radical (unpaired) electrons. The zero-order valence-corrected chi connectivity index (χ0v) is 22.7. The van der Waals surface area contributed by atoms with Crippen molar-refractivity contribution in [3.05, 3.63) is 81.2 Å². The van der Waals surface area contributed by atoms with Crippen molar-refractivity contribution in [3.63, 3.8) is 0 Å². The Morgan fingerprint density at radius 3 is 2.44 bits per heavy atom. The van der Waals surface area contributed by atoms with Crippen LogP contribution in [-0.2, 0) is 27.2 Å². The molecule has 202 valence electrons. The fraction of sp³-hybridized carbons (Fsp3) is 0.276. The standard InChI is InChI=1S/C29H29N3O6S/c1-4-37-29(36)24-22-14-7-18(3)15-23(22)39-27(24)31-25(33)26(34)32-30-16-19-8-12-21(13-9-19)38-28(35)20-10-5-17(2)6-11-20/h5-6,8-13,16,18H,4,7,14-15H2,1-3H3,(H,31,33)(H,32,34)/b30-16+. The van der Waals surface area contributed by atoms with E-state index in [0.717, 1.165) is 35.3 Å². The molecule has 0 aliphatic heterocycles. The van der Waals surface area contributed by atoms with Gasteiger partial charge in [0.1, 0.15) is 10.8 Å². The lowest BCUT2D eigenvalue weighted by Gasteiger charge is -2.18. The van der Waals surface area contributed by atoms with Gasteiger partial charge in [-0.3, -0.25) is 9.59 Å². The number of ether oxygens (including phenoxy) is 2. The quantitative estimate of drug-likeness (QED) is 0.146. The number of amides is 2. The molecule has 3 aromatic rings. The van der Waals surface area contributed by atoms with E-state index in [0.29, 0.717) is 33.4 Å². The van der Waals surface area contributed by atoms with Crippen LogP contribution in [0.1, 0.15) is 62.6 Å². The van der Waals surface area contributed by atoms with E-state index in [-0.39, 0.29) is 6.61 Å². The van der Waals surface area contributed by atoms with Crippen LogP contribution in [0.15, 0.2) is 53.6 Å². The molecule has 1 unspecified atom stereocenters. The summed E-state index contributed by atoms with van der Waals surface area (Å²) < 4.78 is 10.6. The third kappa shape index (κ3) is 6.97. The number of carbonyl (C=O) groups is 4. The van der Waals surface area contributed by atoms with Gasteiger partial charge in [0.15, 0.2) is 0 Å². The van der Waals surface area contributed by atoms with Crippen LogP contribution in [0, 0.1) is 12.8 Å². The predicted octanol–water partition coefficient (Wildman–Crippen LogP) is 4.67. The van der Waals surface area contributed by atoms with Crippen LogP contribution >= 0.6 is 11.3 Å². The van der Waals surface area contributed by atoms with E-state index >= 15 is 0 Å². The lowest BCUT2D eigenvalue weighted by atomic mass is 9.88. The molecule has 2 amide bonds. The van der Waals surface area contributed by atoms with Crippen LogP contribution in [0.5, 0.6) is 5.75 Å². The van der Waals surface area contributed by atoms with Crippen molar-refractivity contribution >= 4 is 46.3 Å². The number of hydrogen-bond donors (Lipinski definition) is 2. The molecule has 39 heavy (non-hydrogen) atoms. The molecule has 1 atom stereocenters. The molecule has 10 heteroatoms. The van der Waals surface area contributed by atoms with Crippen LogP contribution < -0.4 is 15.5 Å². The number of nitrogens with zero attached hydrogens (tertiary/aromatic N) is 1. The van der Waals surface area contributed by atoms with Gasteiger partial charge in [-0.05, 0) is 86.6 Å². The molecule has 0 fully saturated rings. The molecule has 2 N–H and O–H groups in total. The number of hydrazone groups is 1. The molecule has 0 saturated heterocycles. The number of fused-ring (bicyclic) bond motifs is 1. The van der Waals surface area contributed by atoms with E-state index < -0.39 is 23.8 Å². The van der Waals surface area contributed by atoms with Crippen molar-refractivity contribution in [1.29, 1.82) is 0 Å². The lowest BCUT2D eigenvalue weighted by Crippen LogP contribution is -2.32. The van der Waals surface area contributed by atoms with E-state index in [4.69, 9.17) is 9.47 Å². The Morgan fingerprint density at radius 1 is 1.03 bits per heavy atom. The molecule has 9 nitrogen and oxygen atoms in total. The summed E-state index contributed by atoms with van der Waals surface area (Å²) in [5.41, 5.74) is 5.50. The molecular weight excluding hydrogens is 518 g/mol. The first-order valence-corrected chi connectivity index (χ1v) is 13.4. The SMILES string of the molecule is CCOC(=O)c1c(NC(=O)C(=O)N/N=C/c2ccc(OC(=O)c3ccc(C)cc3)cc2)sc2c1CCC(C)C2. The molecule has 1 aromatic heterocycles. The molecule has 1 heterocycles. The molecule has 2 aromatic carbocycles. The van der Waals surface area contributed by atoms with Crippen LogP contribution in [0.3, 0.4) is 0 Å². The smallest absolute Gasteiger partial charge is 0.343 e. The van der Waals surface area contributed by atoms with E-state index in [2.05, 4.69) is 22.8 Å². The van der Waals surface area contributed by atoms with Gasteiger partial charge in [-0.25, -0.2) is 15.0 Å². The number of anilines is 1. The van der Waals surface area contributed by atoms with Gasteiger partial charge in [0.05, 0.1) is 23.9 Å². The highest BCUT2D eigenvalue weighted by molar-refractivity contribution is 7.17. The Kier molecular flexibility index (Phi) is 8.88. The molecule has 4 rings (SSSR count). The van der Waals surface area contributed by atoms with Gasteiger partial charge in [0.2, 0.25) is 0 Å². The Bertz CT molecular complexity index is 1410. The molecule has 0 saturated carbocycles. The second-order valence-corrected chi connectivity index (χ2v) is 10.4. The third-order valence-corrected chi connectivity index (χ3v) is 7.35. The topological polar surface area (TPSA) is 123 Å². The maximum absolute atomic E-state index is 12.6. The summed E-state index contributed by atoms with van der Waals surface area (Å²) in [7, 11) is 0. The second kappa shape index (κ2) is 12.5. The summed E-state index contributed by atoms with van der Waals surface area (Å²) in [6, 6.07) is 13.5. The molecule has 0 spiro atoms. The van der Waals surface area contributed by atoms with Crippen molar-refractivity contribution in [2.24, 2.45) is 11.0 Å². The van der Waals surface area contributed by atoms with Gasteiger partial charge in [0, 0.05) is 4.88 Å². The molecule has 1 aliphatic carbocycles. The van der Waals surface area contributed by atoms with E-state index in [1.807, 2.05) is 19.1 Å². The van der Waals surface area contributed by atoms with Gasteiger partial charge >= 0.3 is 23.8 Å². The normalized spacial score (nSPS) is 14.4. The first kappa shape index (κ1) is 27.7. The average molecular weight is 548 g/mol. The molecule has 1 aliphatic rings. The van der Waals surface area contributed by atoms with E-state index in [1.54, 1.807) is 43.3 Å². The fourth-order valence-corrected chi connectivity index (χ4v) is 5.51. The Hall–Kier alpha value is -4.31.